The molecule has 4 nitrogen and oxygen atoms in total. The molecule has 90 valence electrons. The minimum Gasteiger partial charge on any atom is -0.385 e. The summed E-state index contributed by atoms with van der Waals surface area (Å²) < 4.78 is 0. The molecule has 4 heteroatoms. The molecule has 1 heterocycles. The van der Waals surface area contributed by atoms with Gasteiger partial charge < -0.3 is 5.11 Å². The highest BCUT2D eigenvalue weighted by molar-refractivity contribution is 5.17. The van der Waals surface area contributed by atoms with Crippen LogP contribution in [0, 0.1) is 29.6 Å². The number of aliphatic hydroxyl groups is 1. The van der Waals surface area contributed by atoms with Gasteiger partial charge in [0.25, 0.3) is 0 Å². The quantitative estimate of drug-likeness (QED) is 0.846. The van der Waals surface area contributed by atoms with Crippen molar-refractivity contribution >= 4 is 0 Å². The molecule has 1 aliphatic rings. The molecule has 0 aromatic carbocycles. The smallest absolute Gasteiger partial charge is 0.125 e. The van der Waals surface area contributed by atoms with Crippen molar-refractivity contribution < 1.29 is 5.11 Å². The van der Waals surface area contributed by atoms with E-state index in [1.54, 1.807) is 19.2 Å². The van der Waals surface area contributed by atoms with E-state index in [0.717, 1.165) is 19.3 Å². The highest BCUT2D eigenvalue weighted by atomic mass is 16.3. The Morgan fingerprint density at radius 2 is 2.41 bits per heavy atom. The molecular weight excluding hydrogens is 214 g/mol. The highest BCUT2D eigenvalue weighted by Gasteiger charge is 2.45. The summed E-state index contributed by atoms with van der Waals surface area (Å²) in [6, 6.07) is 4.01. The molecule has 0 amide bonds. The van der Waals surface area contributed by atoms with Crippen molar-refractivity contribution in [1.82, 2.24) is 9.97 Å². The maximum atomic E-state index is 10.4. The predicted molar refractivity (Wildman–Crippen MR) is 62.8 cm³/mol. The first-order valence-electron chi connectivity index (χ1n) is 5.96. The molecular formula is C13H17N3O. The number of nitrogens with zero attached hydrogens (tertiary/aromatic N) is 3. The number of nitriles is 1. The standard InChI is InChI=1S/C13H17N3O/c1-9-3-5-13(7-9,8-14)12(17)11-4-6-15-10(2)16-11/h4,6,9,12,17H,3,5,7H2,1-2H3. The molecule has 3 atom stereocenters. The van der Waals surface area contributed by atoms with Gasteiger partial charge in [-0.1, -0.05) is 6.92 Å². The molecule has 1 aromatic heterocycles. The van der Waals surface area contributed by atoms with Gasteiger partial charge in [0.15, 0.2) is 0 Å². The topological polar surface area (TPSA) is 69.8 Å². The summed E-state index contributed by atoms with van der Waals surface area (Å²) in [6.45, 7) is 3.91. The van der Waals surface area contributed by atoms with E-state index in [1.165, 1.54) is 0 Å². The van der Waals surface area contributed by atoms with Crippen LogP contribution >= 0.6 is 0 Å². The van der Waals surface area contributed by atoms with Gasteiger partial charge in [0.1, 0.15) is 11.9 Å². The van der Waals surface area contributed by atoms with Crippen molar-refractivity contribution in [2.45, 2.75) is 39.2 Å². The van der Waals surface area contributed by atoms with E-state index in [2.05, 4.69) is 23.0 Å². The highest BCUT2D eigenvalue weighted by Crippen LogP contribution is 2.48. The second-order valence-corrected chi connectivity index (χ2v) is 5.05. The largest absolute Gasteiger partial charge is 0.385 e. The van der Waals surface area contributed by atoms with Gasteiger partial charge in [-0.2, -0.15) is 5.26 Å². The van der Waals surface area contributed by atoms with Crippen molar-refractivity contribution in [3.8, 4) is 6.07 Å². The Hall–Kier alpha value is -1.47. The number of hydrogen-bond acceptors (Lipinski definition) is 4. The molecule has 1 N–H and O–H groups in total. The second kappa shape index (κ2) is 4.42. The Labute approximate surface area is 101 Å². The van der Waals surface area contributed by atoms with Crippen LogP contribution in [0.1, 0.15) is 43.8 Å². The van der Waals surface area contributed by atoms with E-state index in [0.29, 0.717) is 17.4 Å². The fourth-order valence-corrected chi connectivity index (χ4v) is 2.65. The Morgan fingerprint density at radius 1 is 1.65 bits per heavy atom. The Kier molecular flexibility index (Phi) is 3.12. The monoisotopic (exact) mass is 231 g/mol. The van der Waals surface area contributed by atoms with Crippen LogP contribution in [-0.4, -0.2) is 15.1 Å². The van der Waals surface area contributed by atoms with Gasteiger partial charge in [-0.25, -0.2) is 9.97 Å². The lowest BCUT2D eigenvalue weighted by Gasteiger charge is -2.26. The first-order valence-corrected chi connectivity index (χ1v) is 5.96. The van der Waals surface area contributed by atoms with E-state index in [1.807, 2.05) is 0 Å². The van der Waals surface area contributed by atoms with Gasteiger partial charge in [-0.3, -0.25) is 0 Å². The predicted octanol–water partition coefficient (Wildman–Crippen LogP) is 2.15. The fraction of sp³-hybridized carbons (Fsp3) is 0.615. The fourth-order valence-electron chi connectivity index (χ4n) is 2.65. The van der Waals surface area contributed by atoms with Crippen LogP contribution in [0.3, 0.4) is 0 Å². The van der Waals surface area contributed by atoms with E-state index >= 15 is 0 Å². The minimum absolute atomic E-state index is 0.493. The summed E-state index contributed by atoms with van der Waals surface area (Å²) in [5.74, 6) is 1.12. The molecule has 0 bridgehead atoms. The number of aryl methyl sites for hydroxylation is 1. The van der Waals surface area contributed by atoms with Crippen molar-refractivity contribution in [1.29, 1.82) is 5.26 Å². The van der Waals surface area contributed by atoms with Crippen molar-refractivity contribution in [2.24, 2.45) is 11.3 Å². The summed E-state index contributed by atoms with van der Waals surface area (Å²) in [4.78, 5) is 8.23. The number of rotatable bonds is 2. The number of hydrogen-bond donors (Lipinski definition) is 1. The van der Waals surface area contributed by atoms with E-state index in [4.69, 9.17) is 0 Å². The van der Waals surface area contributed by atoms with Gasteiger partial charge in [0, 0.05) is 6.20 Å². The van der Waals surface area contributed by atoms with Crippen LogP contribution in [0.5, 0.6) is 0 Å². The summed E-state index contributed by atoms with van der Waals surface area (Å²) in [5.41, 5.74) is -0.103. The third kappa shape index (κ3) is 2.16. The SMILES string of the molecule is Cc1nccc(C(O)C2(C#N)CCC(C)C2)n1. The molecule has 2 rings (SSSR count). The van der Waals surface area contributed by atoms with Crippen LogP contribution in [0.4, 0.5) is 0 Å². The molecule has 1 saturated carbocycles. The molecule has 17 heavy (non-hydrogen) atoms. The van der Waals surface area contributed by atoms with Gasteiger partial charge in [-0.15, -0.1) is 0 Å². The molecule has 1 fully saturated rings. The molecule has 0 aliphatic heterocycles. The molecule has 1 aliphatic carbocycles. The van der Waals surface area contributed by atoms with Crippen LogP contribution in [0.15, 0.2) is 12.3 Å². The first-order chi connectivity index (χ1) is 8.07. The van der Waals surface area contributed by atoms with Gasteiger partial charge >= 0.3 is 0 Å². The molecule has 3 unspecified atom stereocenters. The molecule has 0 spiro atoms. The van der Waals surface area contributed by atoms with Crippen molar-refractivity contribution in [2.75, 3.05) is 0 Å². The summed E-state index contributed by atoms with van der Waals surface area (Å²) in [7, 11) is 0. The maximum absolute atomic E-state index is 10.4. The molecule has 0 radical (unpaired) electrons. The average Bonchev–Trinajstić information content (AvgIpc) is 2.71. The van der Waals surface area contributed by atoms with E-state index < -0.39 is 11.5 Å². The van der Waals surface area contributed by atoms with Gasteiger partial charge in [0.2, 0.25) is 0 Å². The Balaban J connectivity index is 2.30. The van der Waals surface area contributed by atoms with Crippen molar-refractivity contribution in [3.05, 3.63) is 23.8 Å². The zero-order valence-electron chi connectivity index (χ0n) is 10.2. The average molecular weight is 231 g/mol. The summed E-state index contributed by atoms with van der Waals surface area (Å²) in [5, 5.41) is 19.8. The molecule has 0 saturated heterocycles. The first kappa shape index (κ1) is 12.0. The number of aliphatic hydroxyl groups excluding tert-OH is 1. The van der Waals surface area contributed by atoms with Gasteiger partial charge in [-0.05, 0) is 38.2 Å². The summed E-state index contributed by atoms with van der Waals surface area (Å²) in [6.07, 6.45) is 3.31. The van der Waals surface area contributed by atoms with Crippen LogP contribution < -0.4 is 0 Å². The third-order valence-corrected chi connectivity index (χ3v) is 3.62. The number of aromatic nitrogens is 2. The van der Waals surface area contributed by atoms with E-state index in [9.17, 15) is 10.4 Å². The lowest BCUT2D eigenvalue weighted by Crippen LogP contribution is -2.25. The zero-order valence-corrected chi connectivity index (χ0v) is 10.2. The lowest BCUT2D eigenvalue weighted by molar-refractivity contribution is 0.0607. The van der Waals surface area contributed by atoms with Crippen molar-refractivity contribution in [3.63, 3.8) is 0 Å². The van der Waals surface area contributed by atoms with Crippen LogP contribution in [-0.2, 0) is 0 Å². The lowest BCUT2D eigenvalue weighted by atomic mass is 9.79. The third-order valence-electron chi connectivity index (χ3n) is 3.62. The maximum Gasteiger partial charge on any atom is 0.125 e. The Morgan fingerprint density at radius 3 is 2.94 bits per heavy atom. The van der Waals surface area contributed by atoms with E-state index in [-0.39, 0.29) is 0 Å². The Bertz CT molecular complexity index is 454. The second-order valence-electron chi connectivity index (χ2n) is 5.05. The summed E-state index contributed by atoms with van der Waals surface area (Å²) >= 11 is 0. The van der Waals surface area contributed by atoms with Gasteiger partial charge in [0.05, 0.1) is 17.2 Å². The zero-order chi connectivity index (χ0) is 12.5. The molecule has 1 aromatic rings. The van der Waals surface area contributed by atoms with Crippen LogP contribution in [0.25, 0.3) is 0 Å². The van der Waals surface area contributed by atoms with Crippen LogP contribution in [0.2, 0.25) is 0 Å². The minimum atomic E-state index is -0.806. The normalized spacial score (nSPS) is 29.9.